The van der Waals surface area contributed by atoms with Crippen LogP contribution in [0.15, 0.2) is 30.3 Å². The van der Waals surface area contributed by atoms with Crippen molar-refractivity contribution in [3.63, 3.8) is 0 Å². The van der Waals surface area contributed by atoms with Gasteiger partial charge in [0.15, 0.2) is 0 Å². The van der Waals surface area contributed by atoms with Crippen molar-refractivity contribution < 1.29 is 14.3 Å². The van der Waals surface area contributed by atoms with Gasteiger partial charge < -0.3 is 19.7 Å². The summed E-state index contributed by atoms with van der Waals surface area (Å²) in [6, 6.07) is 10.3. The second kappa shape index (κ2) is 9.38. The smallest absolute Gasteiger partial charge is 0.410 e. The van der Waals surface area contributed by atoms with Crippen LogP contribution in [0.3, 0.4) is 0 Å². The van der Waals surface area contributed by atoms with Gasteiger partial charge in [-0.25, -0.2) is 4.79 Å². The topological polar surface area (TPSA) is 50.8 Å². The van der Waals surface area contributed by atoms with Gasteiger partial charge in [0.1, 0.15) is 6.61 Å². The van der Waals surface area contributed by atoms with Gasteiger partial charge >= 0.3 is 6.09 Å². The molecule has 26 heavy (non-hydrogen) atoms. The van der Waals surface area contributed by atoms with E-state index in [1.54, 1.807) is 4.90 Å². The lowest BCUT2D eigenvalue weighted by molar-refractivity contribution is -0.0299. The first-order valence-corrected chi connectivity index (χ1v) is 9.94. The average Bonchev–Trinajstić information content (AvgIpc) is 2.67. The number of hydrogen-bond acceptors (Lipinski definition) is 4. The lowest BCUT2D eigenvalue weighted by atomic mass is 9.78. The number of morpholine rings is 1. The molecule has 1 heterocycles. The van der Waals surface area contributed by atoms with Crippen molar-refractivity contribution in [2.24, 2.45) is 11.8 Å². The highest BCUT2D eigenvalue weighted by Gasteiger charge is 2.30. The van der Waals surface area contributed by atoms with Crippen molar-refractivity contribution in [1.82, 2.24) is 10.2 Å². The number of rotatable bonds is 5. The number of carbonyl (C=O) groups excluding carboxylic acids is 1. The van der Waals surface area contributed by atoms with Gasteiger partial charge in [-0.05, 0) is 30.2 Å². The molecule has 0 aromatic heterocycles. The Hall–Kier alpha value is -1.59. The SMILES string of the molecule is CC1CCCC(C)C1NCC1CN(C(=O)OCc2ccccc2)CCO1. The average molecular weight is 360 g/mol. The van der Waals surface area contributed by atoms with E-state index in [0.29, 0.717) is 44.2 Å². The molecule has 1 aromatic rings. The van der Waals surface area contributed by atoms with E-state index in [1.807, 2.05) is 30.3 Å². The van der Waals surface area contributed by atoms with E-state index >= 15 is 0 Å². The number of nitrogens with one attached hydrogen (secondary N) is 1. The Balaban J connectivity index is 1.44. The van der Waals surface area contributed by atoms with Crippen molar-refractivity contribution in [3.8, 4) is 0 Å². The van der Waals surface area contributed by atoms with E-state index in [1.165, 1.54) is 19.3 Å². The van der Waals surface area contributed by atoms with Gasteiger partial charge in [0, 0.05) is 19.1 Å². The quantitative estimate of drug-likeness (QED) is 0.874. The monoisotopic (exact) mass is 360 g/mol. The first-order valence-electron chi connectivity index (χ1n) is 9.94. The maximum absolute atomic E-state index is 12.4. The predicted molar refractivity (Wildman–Crippen MR) is 102 cm³/mol. The molecule has 0 spiro atoms. The molecule has 5 heteroatoms. The molecule has 0 radical (unpaired) electrons. The minimum Gasteiger partial charge on any atom is -0.445 e. The van der Waals surface area contributed by atoms with E-state index in [-0.39, 0.29) is 12.2 Å². The predicted octanol–water partition coefficient (Wildman–Crippen LogP) is 3.44. The molecule has 3 rings (SSSR count). The standard InChI is InChI=1S/C21H32N2O3/c1-16-7-6-8-17(2)20(16)22-13-19-14-23(11-12-25-19)21(24)26-15-18-9-4-3-5-10-18/h3-5,9-10,16-17,19-20,22H,6-8,11-15H2,1-2H3. The minimum absolute atomic E-state index is 0.0364. The summed E-state index contributed by atoms with van der Waals surface area (Å²) in [4.78, 5) is 14.1. The van der Waals surface area contributed by atoms with Crippen LogP contribution >= 0.6 is 0 Å². The summed E-state index contributed by atoms with van der Waals surface area (Å²) in [5.74, 6) is 1.41. The van der Waals surface area contributed by atoms with Crippen molar-refractivity contribution in [1.29, 1.82) is 0 Å². The van der Waals surface area contributed by atoms with Gasteiger partial charge in [0.05, 0.1) is 19.3 Å². The highest BCUT2D eigenvalue weighted by molar-refractivity contribution is 5.67. The summed E-state index contributed by atoms with van der Waals surface area (Å²) in [6.07, 6.45) is 3.72. The Morgan fingerprint density at radius 1 is 1.23 bits per heavy atom. The van der Waals surface area contributed by atoms with Gasteiger partial charge in [-0.2, -0.15) is 0 Å². The van der Waals surface area contributed by atoms with E-state index < -0.39 is 0 Å². The Morgan fingerprint density at radius 2 is 1.96 bits per heavy atom. The fourth-order valence-electron chi connectivity index (χ4n) is 4.17. The molecular formula is C21H32N2O3. The zero-order valence-electron chi connectivity index (χ0n) is 16.0. The van der Waals surface area contributed by atoms with Crippen LogP contribution in [0.5, 0.6) is 0 Å². The largest absolute Gasteiger partial charge is 0.445 e. The van der Waals surface area contributed by atoms with E-state index in [2.05, 4.69) is 19.2 Å². The van der Waals surface area contributed by atoms with Crippen LogP contribution in [0.1, 0.15) is 38.7 Å². The van der Waals surface area contributed by atoms with Crippen LogP contribution in [-0.4, -0.2) is 49.4 Å². The van der Waals surface area contributed by atoms with Crippen molar-refractivity contribution in [3.05, 3.63) is 35.9 Å². The van der Waals surface area contributed by atoms with Crippen LogP contribution in [0.4, 0.5) is 4.79 Å². The first-order chi connectivity index (χ1) is 12.6. The second-order valence-corrected chi connectivity index (χ2v) is 7.80. The Labute approximate surface area is 157 Å². The van der Waals surface area contributed by atoms with Gasteiger partial charge in [-0.15, -0.1) is 0 Å². The summed E-state index contributed by atoms with van der Waals surface area (Å²) in [5.41, 5.74) is 1.01. The van der Waals surface area contributed by atoms with Crippen molar-refractivity contribution >= 4 is 6.09 Å². The minimum atomic E-state index is -0.249. The van der Waals surface area contributed by atoms with E-state index in [9.17, 15) is 4.79 Å². The summed E-state index contributed by atoms with van der Waals surface area (Å²) < 4.78 is 11.3. The van der Waals surface area contributed by atoms with Crippen LogP contribution < -0.4 is 5.32 Å². The van der Waals surface area contributed by atoms with Gasteiger partial charge in [0.25, 0.3) is 0 Å². The number of hydrogen-bond donors (Lipinski definition) is 1. The van der Waals surface area contributed by atoms with Crippen molar-refractivity contribution in [2.45, 2.75) is 51.9 Å². The molecule has 3 unspecified atom stereocenters. The number of benzene rings is 1. The van der Waals surface area contributed by atoms with Gasteiger partial charge in [-0.1, -0.05) is 50.6 Å². The molecular weight excluding hydrogens is 328 g/mol. The van der Waals surface area contributed by atoms with Crippen LogP contribution in [0.25, 0.3) is 0 Å². The highest BCUT2D eigenvalue weighted by atomic mass is 16.6. The summed E-state index contributed by atoms with van der Waals surface area (Å²) in [7, 11) is 0. The van der Waals surface area contributed by atoms with E-state index in [4.69, 9.17) is 9.47 Å². The fourth-order valence-corrected chi connectivity index (χ4v) is 4.17. The fraction of sp³-hybridized carbons (Fsp3) is 0.667. The van der Waals surface area contributed by atoms with Crippen LogP contribution in [0.2, 0.25) is 0 Å². The third kappa shape index (κ3) is 5.21. The van der Waals surface area contributed by atoms with Crippen molar-refractivity contribution in [2.75, 3.05) is 26.2 Å². The molecule has 1 saturated carbocycles. The zero-order valence-corrected chi connectivity index (χ0v) is 16.0. The van der Waals surface area contributed by atoms with Crippen LogP contribution in [0, 0.1) is 11.8 Å². The number of carbonyl (C=O) groups is 1. The van der Waals surface area contributed by atoms with Gasteiger partial charge in [-0.3, -0.25) is 0 Å². The number of ether oxygens (including phenoxy) is 2. The summed E-state index contributed by atoms with van der Waals surface area (Å²) in [5, 5.41) is 3.70. The molecule has 2 fully saturated rings. The number of amides is 1. The molecule has 1 aromatic carbocycles. The third-order valence-corrected chi connectivity index (χ3v) is 5.73. The third-order valence-electron chi connectivity index (χ3n) is 5.73. The second-order valence-electron chi connectivity index (χ2n) is 7.80. The van der Waals surface area contributed by atoms with Gasteiger partial charge in [0.2, 0.25) is 0 Å². The molecule has 3 atom stereocenters. The Kier molecular flexibility index (Phi) is 6.92. The van der Waals surface area contributed by atoms with E-state index in [0.717, 1.165) is 12.1 Å². The molecule has 1 aliphatic heterocycles. The zero-order chi connectivity index (χ0) is 18.4. The molecule has 1 amide bonds. The molecule has 0 bridgehead atoms. The lowest BCUT2D eigenvalue weighted by Crippen LogP contribution is -2.52. The summed E-state index contributed by atoms with van der Waals surface area (Å²) >= 11 is 0. The maximum Gasteiger partial charge on any atom is 0.410 e. The Bertz CT molecular complexity index is 556. The molecule has 1 saturated heterocycles. The molecule has 1 N–H and O–H groups in total. The summed E-state index contributed by atoms with van der Waals surface area (Å²) in [6.45, 7) is 7.54. The lowest BCUT2D eigenvalue weighted by Gasteiger charge is -2.38. The highest BCUT2D eigenvalue weighted by Crippen LogP contribution is 2.28. The number of nitrogens with zero attached hydrogens (tertiary/aromatic N) is 1. The molecule has 1 aliphatic carbocycles. The normalized spacial score (nSPS) is 29.4. The maximum atomic E-state index is 12.4. The molecule has 144 valence electrons. The van der Waals surface area contributed by atoms with Crippen LogP contribution in [-0.2, 0) is 16.1 Å². The first kappa shape index (κ1) is 19.2. The molecule has 2 aliphatic rings. The Morgan fingerprint density at radius 3 is 2.69 bits per heavy atom. The molecule has 5 nitrogen and oxygen atoms in total.